The molecule has 1 aliphatic heterocycles. The number of aliphatic imine (C=N–C) groups is 1. The summed E-state index contributed by atoms with van der Waals surface area (Å²) in [5.74, 6) is -1.08. The Kier molecular flexibility index (Phi) is 7.95. The molecule has 33 heavy (non-hydrogen) atoms. The number of nitrogens with zero attached hydrogens (tertiary/aromatic N) is 2. The van der Waals surface area contributed by atoms with Gasteiger partial charge in [-0.1, -0.05) is 6.07 Å². The highest BCUT2D eigenvalue weighted by Crippen LogP contribution is 2.38. The molecule has 0 fully saturated rings. The number of hydrogen-bond donors (Lipinski definition) is 1. The number of aryl methyl sites for hydroxylation is 1. The van der Waals surface area contributed by atoms with Gasteiger partial charge in [-0.25, -0.2) is 8.42 Å². The van der Waals surface area contributed by atoms with Gasteiger partial charge in [-0.05, 0) is 36.8 Å². The van der Waals surface area contributed by atoms with Crippen LogP contribution in [0.3, 0.4) is 0 Å². The predicted molar refractivity (Wildman–Crippen MR) is 121 cm³/mol. The largest absolute Gasteiger partial charge is 0.431 e. The minimum atomic E-state index is -3.55. The Bertz CT molecular complexity index is 1110. The molecule has 2 aromatic rings. The van der Waals surface area contributed by atoms with Crippen molar-refractivity contribution in [3.05, 3.63) is 42.0 Å². The Morgan fingerprint density at radius 2 is 1.73 bits per heavy atom. The summed E-state index contributed by atoms with van der Waals surface area (Å²) in [6.07, 6.45) is 1.03. The van der Waals surface area contributed by atoms with Crippen molar-refractivity contribution in [3.63, 3.8) is 0 Å². The maximum absolute atomic E-state index is 12.9. The second kappa shape index (κ2) is 10.5. The lowest BCUT2D eigenvalue weighted by molar-refractivity contribution is -0.0692. The summed E-state index contributed by atoms with van der Waals surface area (Å²) in [6.45, 7) is -3.85. The number of thioether (sulfide) groups is 1. The van der Waals surface area contributed by atoms with Gasteiger partial charge < -0.3 is 14.4 Å². The van der Waals surface area contributed by atoms with Gasteiger partial charge in [0.15, 0.2) is 11.5 Å². The first-order chi connectivity index (χ1) is 15.5. The van der Waals surface area contributed by atoms with Crippen molar-refractivity contribution in [1.82, 2.24) is 0 Å². The van der Waals surface area contributed by atoms with E-state index in [1.165, 1.54) is 23.9 Å². The van der Waals surface area contributed by atoms with E-state index in [4.69, 9.17) is 0 Å². The van der Waals surface area contributed by atoms with Gasteiger partial charge in [0.05, 0.1) is 24.0 Å². The maximum atomic E-state index is 12.9. The van der Waals surface area contributed by atoms with Gasteiger partial charge in [-0.3, -0.25) is 9.71 Å². The minimum Gasteiger partial charge on any atom is -0.431 e. The van der Waals surface area contributed by atoms with E-state index in [9.17, 15) is 26.0 Å². The highest BCUT2D eigenvalue weighted by atomic mass is 32.2. The van der Waals surface area contributed by atoms with E-state index in [2.05, 4.69) is 19.2 Å². The van der Waals surface area contributed by atoms with Crippen molar-refractivity contribution in [1.29, 1.82) is 0 Å². The quantitative estimate of drug-likeness (QED) is 0.463. The smallest absolute Gasteiger partial charge is 0.387 e. The number of halogens is 4. The van der Waals surface area contributed by atoms with Gasteiger partial charge in [0.2, 0.25) is 10.0 Å². The molecular formula is C20H21F4N3O4S2. The lowest BCUT2D eigenvalue weighted by Crippen LogP contribution is -2.27. The van der Waals surface area contributed by atoms with Crippen LogP contribution < -0.4 is 19.1 Å². The fourth-order valence-electron chi connectivity index (χ4n) is 3.13. The van der Waals surface area contributed by atoms with Crippen LogP contribution in [0.2, 0.25) is 0 Å². The molecule has 1 aliphatic rings. The predicted octanol–water partition coefficient (Wildman–Crippen LogP) is 4.85. The molecule has 0 spiro atoms. The molecule has 2 aromatic carbocycles. The van der Waals surface area contributed by atoms with Crippen molar-refractivity contribution < 1.29 is 35.5 Å². The van der Waals surface area contributed by atoms with E-state index >= 15 is 0 Å². The van der Waals surface area contributed by atoms with Crippen LogP contribution in [0.4, 0.5) is 34.6 Å². The first kappa shape index (κ1) is 25.0. The van der Waals surface area contributed by atoms with Gasteiger partial charge >= 0.3 is 13.2 Å². The van der Waals surface area contributed by atoms with Crippen LogP contribution in [0.1, 0.15) is 5.56 Å². The van der Waals surface area contributed by atoms with Crippen molar-refractivity contribution in [3.8, 4) is 11.5 Å². The Hall–Kier alpha value is -2.67. The Labute approximate surface area is 192 Å². The minimum absolute atomic E-state index is 0.0223. The molecule has 1 atom stereocenters. The molecule has 180 valence electrons. The monoisotopic (exact) mass is 507 g/mol. The average Bonchev–Trinajstić information content (AvgIpc) is 3.21. The third-order valence-electron chi connectivity index (χ3n) is 4.52. The van der Waals surface area contributed by atoms with E-state index in [0.717, 1.165) is 12.3 Å². The molecule has 1 unspecified atom stereocenters. The number of rotatable bonds is 10. The molecule has 13 heteroatoms. The molecule has 7 nitrogen and oxygen atoms in total. The van der Waals surface area contributed by atoms with E-state index < -0.39 is 34.7 Å². The highest BCUT2D eigenvalue weighted by molar-refractivity contribution is 8.12. The normalized spacial score (nSPS) is 15.8. The lowest BCUT2D eigenvalue weighted by atomic mass is 10.1. The van der Waals surface area contributed by atoms with Crippen molar-refractivity contribution in [2.24, 2.45) is 4.99 Å². The number of anilines is 3. The van der Waals surface area contributed by atoms with Crippen LogP contribution in [0.15, 0.2) is 41.4 Å². The summed E-state index contributed by atoms with van der Waals surface area (Å²) >= 11 is 1.48. The van der Waals surface area contributed by atoms with Crippen molar-refractivity contribution >= 4 is 44.4 Å². The number of nitrogens with one attached hydrogen (secondary N) is 1. The zero-order valence-corrected chi connectivity index (χ0v) is 19.2. The molecule has 3 rings (SSSR count). The summed E-state index contributed by atoms with van der Waals surface area (Å²) in [4.78, 5) is 5.92. The number of sulfonamides is 1. The second-order valence-electron chi connectivity index (χ2n) is 7.10. The maximum Gasteiger partial charge on any atom is 0.387 e. The van der Waals surface area contributed by atoms with Crippen LogP contribution in [0, 0.1) is 6.92 Å². The van der Waals surface area contributed by atoms with Gasteiger partial charge in [0.25, 0.3) is 0 Å². The number of alkyl halides is 4. The average molecular weight is 508 g/mol. The third kappa shape index (κ3) is 7.16. The van der Waals surface area contributed by atoms with Crippen molar-refractivity contribution in [2.75, 3.05) is 29.0 Å². The molecule has 0 bridgehead atoms. The zero-order valence-electron chi connectivity index (χ0n) is 17.5. The molecule has 0 aliphatic carbocycles. The number of benzene rings is 2. The highest BCUT2D eigenvalue weighted by Gasteiger charge is 2.23. The SMILES string of the molecule is Cc1ccc(N(CC2CN=CS2)c2ccc(OC(F)F)c(OC(F)F)c2)cc1NS(C)(=O)=O. The van der Waals surface area contributed by atoms with E-state index in [1.807, 2.05) is 0 Å². The standard InChI is InChI=1S/C20H21F4N3O4S2/c1-12-3-4-13(7-16(12)26-33(2,28)29)27(10-15-9-25-11-32-15)14-5-6-17(30-19(21)22)18(8-14)31-20(23)24/h3-8,11,15,19-20,26H,9-10H2,1-2H3. The van der Waals surface area contributed by atoms with E-state index in [0.29, 0.717) is 35.7 Å². The molecule has 0 radical (unpaired) electrons. The fourth-order valence-corrected chi connectivity index (χ4v) is 4.50. The van der Waals surface area contributed by atoms with E-state index in [-0.39, 0.29) is 5.25 Å². The number of hydrogen-bond acceptors (Lipinski definition) is 7. The molecule has 1 N–H and O–H groups in total. The van der Waals surface area contributed by atoms with E-state index in [1.54, 1.807) is 35.6 Å². The molecular weight excluding hydrogens is 486 g/mol. The zero-order chi connectivity index (χ0) is 24.2. The summed E-state index contributed by atoms with van der Waals surface area (Å²) in [5, 5.41) is 0.0223. The van der Waals surface area contributed by atoms with Crippen LogP contribution in [-0.2, 0) is 10.0 Å². The summed E-state index contributed by atoms with van der Waals surface area (Å²) in [5.41, 5.74) is 3.63. The first-order valence-corrected chi connectivity index (χ1v) is 12.4. The number of ether oxygens (including phenoxy) is 2. The fraction of sp³-hybridized carbons (Fsp3) is 0.350. The van der Waals surface area contributed by atoms with Crippen LogP contribution in [0.5, 0.6) is 11.5 Å². The van der Waals surface area contributed by atoms with Gasteiger partial charge in [-0.15, -0.1) is 11.8 Å². The van der Waals surface area contributed by atoms with Gasteiger partial charge in [0, 0.05) is 29.2 Å². The molecule has 0 saturated carbocycles. The lowest BCUT2D eigenvalue weighted by Gasteiger charge is -2.29. The third-order valence-corrected chi connectivity index (χ3v) is 6.07. The molecule has 0 aromatic heterocycles. The van der Waals surface area contributed by atoms with Gasteiger partial charge in [-0.2, -0.15) is 17.6 Å². The first-order valence-electron chi connectivity index (χ1n) is 9.55. The summed E-state index contributed by atoms with van der Waals surface area (Å²) < 4.78 is 85.9. The summed E-state index contributed by atoms with van der Waals surface area (Å²) in [6, 6.07) is 8.77. The van der Waals surface area contributed by atoms with Crippen LogP contribution >= 0.6 is 11.8 Å². The second-order valence-corrected chi connectivity index (χ2v) is 10.00. The van der Waals surface area contributed by atoms with Crippen molar-refractivity contribution in [2.45, 2.75) is 25.4 Å². The topological polar surface area (TPSA) is 80.2 Å². The molecule has 0 saturated heterocycles. The Morgan fingerprint density at radius 3 is 2.33 bits per heavy atom. The van der Waals surface area contributed by atoms with Crippen LogP contribution in [0.25, 0.3) is 0 Å². The van der Waals surface area contributed by atoms with Crippen LogP contribution in [-0.4, -0.2) is 51.8 Å². The van der Waals surface area contributed by atoms with Gasteiger partial charge in [0.1, 0.15) is 0 Å². The molecule has 1 heterocycles. The Balaban J connectivity index is 2.05. The molecule has 0 amide bonds. The Morgan fingerprint density at radius 1 is 1.09 bits per heavy atom. The summed E-state index contributed by atoms with van der Waals surface area (Å²) in [7, 11) is -3.55.